The summed E-state index contributed by atoms with van der Waals surface area (Å²) >= 11 is 0. The normalized spacial score (nSPS) is 17.8. The number of ether oxygens (including phenoxy) is 1. The predicted molar refractivity (Wildman–Crippen MR) is 134 cm³/mol. The van der Waals surface area contributed by atoms with Gasteiger partial charge in [0.1, 0.15) is 11.8 Å². The Labute approximate surface area is 207 Å². The number of nitrogens with zero attached hydrogens (tertiary/aromatic N) is 2. The lowest BCUT2D eigenvalue weighted by molar-refractivity contribution is -0.140. The average Bonchev–Trinajstić information content (AvgIpc) is 3.64. The molecule has 1 fully saturated rings. The van der Waals surface area contributed by atoms with Crippen molar-refractivity contribution in [3.63, 3.8) is 0 Å². The highest BCUT2D eigenvalue weighted by Crippen LogP contribution is 2.48. The van der Waals surface area contributed by atoms with E-state index in [1.807, 2.05) is 66.7 Å². The highest BCUT2D eigenvalue weighted by molar-refractivity contribution is 6.72. The Bertz CT molecular complexity index is 1390. The third-order valence-corrected chi connectivity index (χ3v) is 6.55. The van der Waals surface area contributed by atoms with Crippen LogP contribution in [0.3, 0.4) is 0 Å². The van der Waals surface area contributed by atoms with Crippen molar-refractivity contribution in [3.05, 3.63) is 95.6 Å². The zero-order valence-electron chi connectivity index (χ0n) is 19.5. The van der Waals surface area contributed by atoms with E-state index in [0.29, 0.717) is 18.4 Å². The number of carbonyl (C=O) groups excluding carboxylic acids is 2. The van der Waals surface area contributed by atoms with Crippen molar-refractivity contribution in [2.75, 3.05) is 0 Å². The van der Waals surface area contributed by atoms with Crippen molar-refractivity contribution in [3.8, 4) is 11.1 Å². The van der Waals surface area contributed by atoms with Crippen LogP contribution in [0.5, 0.6) is 0 Å². The molecule has 3 aromatic carbocycles. The molecule has 1 heterocycles. The number of carboxylic acids is 1. The summed E-state index contributed by atoms with van der Waals surface area (Å²) in [5, 5.41) is 13.5. The van der Waals surface area contributed by atoms with E-state index in [9.17, 15) is 19.5 Å². The summed E-state index contributed by atoms with van der Waals surface area (Å²) in [5.41, 5.74) is 5.84. The Balaban J connectivity index is 1.31. The van der Waals surface area contributed by atoms with E-state index in [2.05, 4.69) is 15.5 Å². The second-order valence-corrected chi connectivity index (χ2v) is 8.84. The number of aliphatic carboxylic acids is 1. The number of hydrazone groups is 1. The third kappa shape index (κ3) is 4.40. The summed E-state index contributed by atoms with van der Waals surface area (Å²) in [5.74, 6) is -1.36. The van der Waals surface area contributed by atoms with Gasteiger partial charge in [0.2, 0.25) is 0 Å². The van der Waals surface area contributed by atoms with E-state index in [1.54, 1.807) is 19.1 Å². The van der Waals surface area contributed by atoms with Gasteiger partial charge in [-0.3, -0.25) is 9.59 Å². The first-order valence-electron chi connectivity index (χ1n) is 11.5. The van der Waals surface area contributed by atoms with Gasteiger partial charge in [0.25, 0.3) is 5.91 Å². The molecule has 0 radical (unpaired) electrons. The zero-order valence-corrected chi connectivity index (χ0v) is 19.5. The molecular formula is C28H23N3O5. The fourth-order valence-corrected chi connectivity index (χ4v) is 4.24. The van der Waals surface area contributed by atoms with Gasteiger partial charge in [-0.15, -0.1) is 0 Å². The molecule has 2 N–H and O–H groups in total. The molecule has 1 unspecified atom stereocenters. The summed E-state index contributed by atoms with van der Waals surface area (Å²) in [4.78, 5) is 40.1. The minimum absolute atomic E-state index is 0.110. The van der Waals surface area contributed by atoms with Gasteiger partial charge in [-0.2, -0.15) is 10.1 Å². The molecule has 8 nitrogen and oxygen atoms in total. The first-order valence-corrected chi connectivity index (χ1v) is 11.5. The number of amides is 2. The maximum absolute atomic E-state index is 12.4. The van der Waals surface area contributed by atoms with Gasteiger partial charge in [0.05, 0.1) is 5.41 Å². The highest BCUT2D eigenvalue weighted by atomic mass is 16.6. The smallest absolute Gasteiger partial charge is 0.435 e. The monoisotopic (exact) mass is 481 g/mol. The fraction of sp³-hybridized carbons (Fsp3) is 0.179. The molecule has 1 saturated carbocycles. The molecule has 5 rings (SSSR count). The van der Waals surface area contributed by atoms with E-state index in [-0.39, 0.29) is 11.4 Å². The summed E-state index contributed by atoms with van der Waals surface area (Å²) in [6.45, 7) is 1.73. The molecule has 3 aromatic rings. The quantitative estimate of drug-likeness (QED) is 0.532. The van der Waals surface area contributed by atoms with Crippen molar-refractivity contribution in [1.82, 2.24) is 5.43 Å². The van der Waals surface area contributed by atoms with Gasteiger partial charge >= 0.3 is 12.1 Å². The van der Waals surface area contributed by atoms with E-state index in [0.717, 1.165) is 22.3 Å². The van der Waals surface area contributed by atoms with E-state index in [4.69, 9.17) is 4.74 Å². The van der Waals surface area contributed by atoms with Crippen LogP contribution in [0.2, 0.25) is 0 Å². The topological polar surface area (TPSA) is 117 Å². The van der Waals surface area contributed by atoms with Crippen molar-refractivity contribution >= 4 is 29.4 Å². The molecule has 0 bridgehead atoms. The van der Waals surface area contributed by atoms with Crippen molar-refractivity contribution in [2.45, 2.75) is 31.3 Å². The van der Waals surface area contributed by atoms with E-state index in [1.165, 1.54) is 0 Å². The maximum Gasteiger partial charge on any atom is 0.435 e. The molecule has 0 saturated heterocycles. The van der Waals surface area contributed by atoms with E-state index >= 15 is 0 Å². The van der Waals surface area contributed by atoms with Crippen molar-refractivity contribution in [2.24, 2.45) is 10.1 Å². The lowest BCUT2D eigenvalue weighted by Gasteiger charge is -2.12. The van der Waals surface area contributed by atoms with Gasteiger partial charge in [0, 0.05) is 5.56 Å². The Morgan fingerprint density at radius 2 is 1.53 bits per heavy atom. The van der Waals surface area contributed by atoms with Crippen LogP contribution in [-0.2, 0) is 19.7 Å². The molecule has 8 heteroatoms. The van der Waals surface area contributed by atoms with Crippen LogP contribution in [0.15, 0.2) is 89.0 Å². The molecule has 1 aliphatic carbocycles. The lowest BCUT2D eigenvalue weighted by atomic mass is 9.93. The number of rotatable bonds is 6. The van der Waals surface area contributed by atoms with Gasteiger partial charge in [-0.25, -0.2) is 10.2 Å². The lowest BCUT2D eigenvalue weighted by Crippen LogP contribution is -2.25. The van der Waals surface area contributed by atoms with Crippen molar-refractivity contribution in [1.29, 1.82) is 0 Å². The molecule has 180 valence electrons. The number of hydrogen-bond donors (Lipinski definition) is 2. The van der Waals surface area contributed by atoms with Gasteiger partial charge in [-0.1, -0.05) is 78.9 Å². The van der Waals surface area contributed by atoms with Crippen LogP contribution in [-0.4, -0.2) is 34.5 Å². The summed E-state index contributed by atoms with van der Waals surface area (Å²) in [7, 11) is 0. The van der Waals surface area contributed by atoms with E-state index < -0.39 is 29.5 Å². The number of aliphatic imine (C=N–C) groups is 1. The van der Waals surface area contributed by atoms with Crippen LogP contribution >= 0.6 is 0 Å². The minimum atomic E-state index is -0.877. The number of nitrogens with one attached hydrogen (secondary N) is 1. The molecule has 0 aromatic heterocycles. The first kappa shape index (κ1) is 23.2. The fourth-order valence-electron chi connectivity index (χ4n) is 4.24. The summed E-state index contributed by atoms with van der Waals surface area (Å²) in [6.07, 6.45) is -0.0803. The Kier molecular flexibility index (Phi) is 5.93. The summed E-state index contributed by atoms with van der Waals surface area (Å²) in [6, 6.07) is 24.1. The highest BCUT2D eigenvalue weighted by Gasteiger charge is 2.51. The second-order valence-electron chi connectivity index (χ2n) is 8.84. The molecular weight excluding hydrogens is 458 g/mol. The zero-order chi connectivity index (χ0) is 25.3. The molecule has 2 aliphatic rings. The number of hydrogen-bond acceptors (Lipinski definition) is 5. The molecule has 1 aliphatic heterocycles. The van der Waals surface area contributed by atoms with Crippen LogP contribution < -0.4 is 5.43 Å². The molecule has 0 spiro atoms. The first-order chi connectivity index (χ1) is 17.4. The number of carboxylic acid groups (broad SMARTS) is 1. The average molecular weight is 482 g/mol. The standard InChI is InChI=1S/C28H23N3O5/c1-17(18-5-3-2-4-6-18)36-27(35)29-24-23(30-31-25(24)32)21-9-7-19(8-10-21)20-11-13-22(14-12-20)28(15-16-28)26(33)34/h2-14,17H,15-16H2,1H3,(H,33,34)(H,29,31,32,35). The predicted octanol–water partition coefficient (Wildman–Crippen LogP) is 4.64. The Hall–Kier alpha value is -4.59. The summed E-state index contributed by atoms with van der Waals surface area (Å²) < 4.78 is 5.36. The Morgan fingerprint density at radius 3 is 2.11 bits per heavy atom. The largest absolute Gasteiger partial charge is 0.481 e. The Morgan fingerprint density at radius 1 is 0.944 bits per heavy atom. The molecule has 36 heavy (non-hydrogen) atoms. The second kappa shape index (κ2) is 9.22. The molecule has 2 amide bonds. The van der Waals surface area contributed by atoms with Crippen LogP contribution in [0.1, 0.15) is 42.6 Å². The van der Waals surface area contributed by atoms with Gasteiger partial charge in [-0.05, 0) is 42.0 Å². The van der Waals surface area contributed by atoms with Gasteiger partial charge < -0.3 is 9.84 Å². The maximum atomic E-state index is 12.4. The minimum Gasteiger partial charge on any atom is -0.481 e. The molecule has 1 atom stereocenters. The van der Waals surface area contributed by atoms with Crippen molar-refractivity contribution < 1.29 is 24.2 Å². The van der Waals surface area contributed by atoms with Crippen LogP contribution in [0, 0.1) is 0 Å². The third-order valence-electron chi connectivity index (χ3n) is 6.55. The SMILES string of the molecule is CC(OC(=O)/N=C1\C(=O)NN=C1c1ccc(-c2ccc(C3(C(=O)O)CC3)cc2)cc1)c1ccccc1. The number of benzene rings is 3. The van der Waals surface area contributed by atoms with Crippen LogP contribution in [0.25, 0.3) is 11.1 Å². The van der Waals surface area contributed by atoms with Crippen LogP contribution in [0.4, 0.5) is 4.79 Å². The number of carbonyl (C=O) groups is 3. The van der Waals surface area contributed by atoms with Gasteiger partial charge in [0.15, 0.2) is 5.71 Å².